The largest absolute Gasteiger partial charge is 0.315 e. The summed E-state index contributed by atoms with van der Waals surface area (Å²) in [5, 5.41) is 3.36. The van der Waals surface area contributed by atoms with Gasteiger partial charge in [-0.1, -0.05) is 11.9 Å². The van der Waals surface area contributed by atoms with Gasteiger partial charge >= 0.3 is 0 Å². The van der Waals surface area contributed by atoms with E-state index in [1.807, 2.05) is 11.9 Å². The maximum absolute atomic E-state index is 3.36. The van der Waals surface area contributed by atoms with Crippen molar-refractivity contribution in [2.75, 3.05) is 32.4 Å². The van der Waals surface area contributed by atoms with Gasteiger partial charge in [0.05, 0.1) is 0 Å². The molecule has 0 spiro atoms. The summed E-state index contributed by atoms with van der Waals surface area (Å²) in [6.07, 6.45) is 3.44. The van der Waals surface area contributed by atoms with Crippen molar-refractivity contribution >= 4 is 11.9 Å². The van der Waals surface area contributed by atoms with Crippen molar-refractivity contribution in [3.05, 3.63) is 0 Å². The molecule has 1 aliphatic rings. The van der Waals surface area contributed by atoms with E-state index in [1.54, 1.807) is 0 Å². The highest BCUT2D eigenvalue weighted by molar-refractivity contribution is 7.96. The van der Waals surface area contributed by atoms with Gasteiger partial charge in [-0.3, -0.25) is 0 Å². The van der Waals surface area contributed by atoms with Crippen LogP contribution in [-0.2, 0) is 0 Å². The minimum atomic E-state index is 1.15. The molecule has 0 radical (unpaired) electrons. The summed E-state index contributed by atoms with van der Waals surface area (Å²) in [5.74, 6) is 0. The van der Waals surface area contributed by atoms with Gasteiger partial charge in [-0.15, -0.1) is 0 Å². The second-order valence-electron chi connectivity index (χ2n) is 2.22. The third-order valence-electron chi connectivity index (χ3n) is 1.56. The summed E-state index contributed by atoms with van der Waals surface area (Å²) in [7, 11) is 0. The highest BCUT2D eigenvalue weighted by Crippen LogP contribution is 2.05. The van der Waals surface area contributed by atoms with Gasteiger partial charge in [0, 0.05) is 19.6 Å². The Morgan fingerprint density at radius 1 is 1.33 bits per heavy atom. The molecule has 1 rings (SSSR count). The van der Waals surface area contributed by atoms with Crippen LogP contribution in [0.2, 0.25) is 0 Å². The maximum atomic E-state index is 3.36. The Balaban J connectivity index is 2.18. The van der Waals surface area contributed by atoms with Crippen LogP contribution in [0.15, 0.2) is 0 Å². The normalized spacial score (nSPS) is 23.7. The van der Waals surface area contributed by atoms with E-state index < -0.39 is 0 Å². The average Bonchev–Trinajstić information content (AvgIpc) is 2.13. The van der Waals surface area contributed by atoms with Crippen molar-refractivity contribution in [2.24, 2.45) is 0 Å². The van der Waals surface area contributed by atoms with Gasteiger partial charge in [-0.25, -0.2) is 4.31 Å². The van der Waals surface area contributed by atoms with Crippen LogP contribution in [0.25, 0.3) is 0 Å². The average molecular weight is 146 g/mol. The highest BCUT2D eigenvalue weighted by Gasteiger charge is 2.04. The lowest BCUT2D eigenvalue weighted by Crippen LogP contribution is -2.21. The lowest BCUT2D eigenvalue weighted by molar-refractivity contribution is 0.504. The van der Waals surface area contributed by atoms with E-state index in [-0.39, 0.29) is 0 Å². The number of rotatable bonds is 1. The van der Waals surface area contributed by atoms with Crippen LogP contribution in [0, 0.1) is 0 Å². The number of nitrogens with one attached hydrogen (secondary N) is 1. The Morgan fingerprint density at radius 2 is 2.22 bits per heavy atom. The monoisotopic (exact) mass is 146 g/mol. The van der Waals surface area contributed by atoms with Gasteiger partial charge in [0.1, 0.15) is 0 Å². The van der Waals surface area contributed by atoms with E-state index >= 15 is 0 Å². The molecule has 3 heteroatoms. The van der Waals surface area contributed by atoms with Crippen LogP contribution >= 0.6 is 11.9 Å². The Kier molecular flexibility index (Phi) is 3.40. The van der Waals surface area contributed by atoms with Gasteiger partial charge in [0.25, 0.3) is 0 Å². The van der Waals surface area contributed by atoms with Crippen molar-refractivity contribution < 1.29 is 0 Å². The van der Waals surface area contributed by atoms with Crippen molar-refractivity contribution in [2.45, 2.75) is 6.42 Å². The predicted molar refractivity (Wildman–Crippen MR) is 42.6 cm³/mol. The summed E-state index contributed by atoms with van der Waals surface area (Å²) < 4.78 is 2.40. The van der Waals surface area contributed by atoms with E-state index in [9.17, 15) is 0 Å². The van der Waals surface area contributed by atoms with Crippen molar-refractivity contribution in [1.82, 2.24) is 9.62 Å². The van der Waals surface area contributed by atoms with Crippen LogP contribution in [0.1, 0.15) is 6.42 Å². The smallest absolute Gasteiger partial charge is 0.0215 e. The molecule has 0 amide bonds. The van der Waals surface area contributed by atoms with Crippen molar-refractivity contribution in [3.8, 4) is 0 Å². The molecule has 0 aromatic heterocycles. The SMILES string of the molecule is CSN1CCCNCC1. The summed E-state index contributed by atoms with van der Waals surface area (Å²) in [6.45, 7) is 4.78. The zero-order valence-corrected chi connectivity index (χ0v) is 6.71. The maximum Gasteiger partial charge on any atom is 0.0215 e. The van der Waals surface area contributed by atoms with E-state index in [0.29, 0.717) is 0 Å². The van der Waals surface area contributed by atoms with E-state index in [2.05, 4.69) is 15.9 Å². The fourth-order valence-electron chi connectivity index (χ4n) is 1.00. The molecule has 0 aromatic rings. The van der Waals surface area contributed by atoms with Crippen molar-refractivity contribution in [3.63, 3.8) is 0 Å². The zero-order chi connectivity index (χ0) is 6.53. The molecule has 0 aliphatic carbocycles. The Hall–Kier alpha value is 0.270. The second-order valence-corrected chi connectivity index (χ2v) is 3.10. The Labute approximate surface area is 61.1 Å². The molecule has 0 aromatic carbocycles. The zero-order valence-electron chi connectivity index (χ0n) is 5.89. The van der Waals surface area contributed by atoms with Crippen LogP contribution in [-0.4, -0.2) is 36.7 Å². The summed E-state index contributed by atoms with van der Waals surface area (Å²) >= 11 is 1.85. The first-order chi connectivity index (χ1) is 4.43. The Morgan fingerprint density at radius 3 is 3.00 bits per heavy atom. The van der Waals surface area contributed by atoms with Gasteiger partial charge in [0.2, 0.25) is 0 Å². The lowest BCUT2D eigenvalue weighted by Gasteiger charge is -2.14. The fourth-order valence-corrected chi connectivity index (χ4v) is 1.59. The standard InChI is InChI=1S/C6H14N2S/c1-9-8-5-2-3-7-4-6-8/h7H,2-6H2,1H3. The molecule has 1 saturated heterocycles. The van der Waals surface area contributed by atoms with Crippen LogP contribution in [0.5, 0.6) is 0 Å². The second kappa shape index (κ2) is 4.14. The minimum Gasteiger partial charge on any atom is -0.315 e. The summed E-state index contributed by atoms with van der Waals surface area (Å²) in [6, 6.07) is 0. The third kappa shape index (κ3) is 2.56. The minimum absolute atomic E-state index is 1.15. The number of hydrogen-bond acceptors (Lipinski definition) is 3. The molecule has 9 heavy (non-hydrogen) atoms. The number of hydrogen-bond donors (Lipinski definition) is 1. The quantitative estimate of drug-likeness (QED) is 0.544. The molecule has 1 N–H and O–H groups in total. The topological polar surface area (TPSA) is 15.3 Å². The molecule has 1 heterocycles. The van der Waals surface area contributed by atoms with Gasteiger partial charge in [-0.05, 0) is 19.2 Å². The van der Waals surface area contributed by atoms with Gasteiger partial charge in [-0.2, -0.15) is 0 Å². The number of nitrogens with zero attached hydrogens (tertiary/aromatic N) is 1. The molecule has 54 valence electrons. The molecular formula is C6H14N2S. The molecule has 0 saturated carbocycles. The molecule has 2 nitrogen and oxygen atoms in total. The van der Waals surface area contributed by atoms with Crippen LogP contribution in [0.4, 0.5) is 0 Å². The van der Waals surface area contributed by atoms with Crippen molar-refractivity contribution in [1.29, 1.82) is 0 Å². The first kappa shape index (κ1) is 7.38. The van der Waals surface area contributed by atoms with Crippen LogP contribution in [0.3, 0.4) is 0 Å². The molecular weight excluding hydrogens is 132 g/mol. The first-order valence-corrected chi connectivity index (χ1v) is 4.61. The molecule has 1 aliphatic heterocycles. The molecule has 0 bridgehead atoms. The van der Waals surface area contributed by atoms with E-state index in [4.69, 9.17) is 0 Å². The molecule has 0 atom stereocenters. The summed E-state index contributed by atoms with van der Waals surface area (Å²) in [4.78, 5) is 0. The van der Waals surface area contributed by atoms with E-state index in [1.165, 1.54) is 26.1 Å². The third-order valence-corrected chi connectivity index (χ3v) is 2.44. The Bertz CT molecular complexity index is 69.5. The lowest BCUT2D eigenvalue weighted by atomic mass is 10.4. The first-order valence-electron chi connectivity index (χ1n) is 3.43. The van der Waals surface area contributed by atoms with E-state index in [0.717, 1.165) is 6.54 Å². The summed E-state index contributed by atoms with van der Waals surface area (Å²) in [5.41, 5.74) is 0. The molecule has 0 unspecified atom stereocenters. The fraction of sp³-hybridized carbons (Fsp3) is 1.00. The predicted octanol–water partition coefficient (Wildman–Crippen LogP) is 0.560. The van der Waals surface area contributed by atoms with Crippen LogP contribution < -0.4 is 5.32 Å². The van der Waals surface area contributed by atoms with Gasteiger partial charge < -0.3 is 5.32 Å². The van der Waals surface area contributed by atoms with Gasteiger partial charge in [0.15, 0.2) is 0 Å². The molecule has 1 fully saturated rings. The highest BCUT2D eigenvalue weighted by atomic mass is 32.2.